The fourth-order valence-corrected chi connectivity index (χ4v) is 2.07. The summed E-state index contributed by atoms with van der Waals surface area (Å²) in [5.41, 5.74) is 4.00. The van der Waals surface area contributed by atoms with Gasteiger partial charge >= 0.3 is 0 Å². The molecule has 0 fully saturated rings. The van der Waals surface area contributed by atoms with Crippen LogP contribution in [0.2, 0.25) is 0 Å². The summed E-state index contributed by atoms with van der Waals surface area (Å²) >= 11 is 0. The molecule has 2 aromatic rings. The molecule has 0 unspecified atom stereocenters. The van der Waals surface area contributed by atoms with Crippen molar-refractivity contribution in [2.45, 2.75) is 33.6 Å². The second kappa shape index (κ2) is 5.17. The van der Waals surface area contributed by atoms with Crippen molar-refractivity contribution in [1.82, 2.24) is 9.97 Å². The number of aromatic amines is 1. The van der Waals surface area contributed by atoms with E-state index in [9.17, 15) is 4.79 Å². The van der Waals surface area contributed by atoms with E-state index in [4.69, 9.17) is 0 Å². The fraction of sp³-hybridized carbons (Fsp3) is 0.333. The Morgan fingerprint density at radius 1 is 1.17 bits per heavy atom. The molecule has 18 heavy (non-hydrogen) atoms. The van der Waals surface area contributed by atoms with Gasteiger partial charge in [-0.3, -0.25) is 4.79 Å². The molecule has 0 spiro atoms. The van der Waals surface area contributed by atoms with Crippen LogP contribution in [-0.4, -0.2) is 9.97 Å². The highest BCUT2D eigenvalue weighted by molar-refractivity contribution is 5.25. The molecular formula is C15H18N2O. The topological polar surface area (TPSA) is 45.8 Å². The average Bonchev–Trinajstić information content (AvgIpc) is 2.32. The van der Waals surface area contributed by atoms with Crippen molar-refractivity contribution >= 4 is 0 Å². The van der Waals surface area contributed by atoms with Gasteiger partial charge in [0.15, 0.2) is 0 Å². The van der Waals surface area contributed by atoms with Crippen molar-refractivity contribution in [1.29, 1.82) is 0 Å². The summed E-state index contributed by atoms with van der Waals surface area (Å²) in [5, 5.41) is 0. The number of H-pyrrole nitrogens is 1. The molecule has 1 aromatic heterocycles. The lowest BCUT2D eigenvalue weighted by atomic mass is 10.1. The van der Waals surface area contributed by atoms with Crippen LogP contribution < -0.4 is 5.56 Å². The molecule has 0 saturated carbocycles. The van der Waals surface area contributed by atoms with Gasteiger partial charge in [-0.05, 0) is 25.8 Å². The number of rotatable bonds is 3. The minimum absolute atomic E-state index is 0.00730. The summed E-state index contributed by atoms with van der Waals surface area (Å²) in [6.07, 6.45) is 1.39. The molecule has 0 amide bonds. The van der Waals surface area contributed by atoms with Gasteiger partial charge in [-0.1, -0.05) is 36.8 Å². The van der Waals surface area contributed by atoms with Crippen LogP contribution in [0.3, 0.4) is 0 Å². The number of aryl methyl sites for hydroxylation is 2. The van der Waals surface area contributed by atoms with E-state index in [1.54, 1.807) is 0 Å². The standard InChI is InChI=1S/C15H18N2O/c1-4-13-11(3)16-14(17-15(13)18)9-12-7-5-10(2)6-8-12/h5-8H,4,9H2,1-3H3,(H,16,17,18). The summed E-state index contributed by atoms with van der Waals surface area (Å²) in [6.45, 7) is 5.93. The van der Waals surface area contributed by atoms with Crippen LogP contribution in [0.1, 0.15) is 35.1 Å². The quantitative estimate of drug-likeness (QED) is 0.899. The molecule has 0 atom stereocenters. The molecule has 1 heterocycles. The van der Waals surface area contributed by atoms with E-state index in [-0.39, 0.29) is 5.56 Å². The summed E-state index contributed by atoms with van der Waals surface area (Å²) in [4.78, 5) is 19.2. The van der Waals surface area contributed by atoms with Gasteiger partial charge < -0.3 is 4.98 Å². The largest absolute Gasteiger partial charge is 0.310 e. The molecule has 0 radical (unpaired) electrons. The van der Waals surface area contributed by atoms with E-state index in [2.05, 4.69) is 41.2 Å². The molecule has 1 aromatic carbocycles. The summed E-state index contributed by atoms with van der Waals surface area (Å²) in [6, 6.07) is 8.28. The molecule has 3 heteroatoms. The zero-order valence-corrected chi connectivity index (χ0v) is 11.1. The third kappa shape index (κ3) is 2.67. The van der Waals surface area contributed by atoms with Crippen molar-refractivity contribution < 1.29 is 0 Å². The Balaban J connectivity index is 2.30. The average molecular weight is 242 g/mol. The van der Waals surface area contributed by atoms with E-state index in [1.165, 1.54) is 5.56 Å². The number of hydrogen-bond donors (Lipinski definition) is 1. The Hall–Kier alpha value is -1.90. The molecule has 3 nitrogen and oxygen atoms in total. The normalized spacial score (nSPS) is 10.6. The Kier molecular flexibility index (Phi) is 3.60. The highest BCUT2D eigenvalue weighted by Gasteiger charge is 2.06. The van der Waals surface area contributed by atoms with Crippen LogP contribution in [0.25, 0.3) is 0 Å². The predicted molar refractivity (Wildman–Crippen MR) is 73.0 cm³/mol. The lowest BCUT2D eigenvalue weighted by molar-refractivity contribution is 0.878. The monoisotopic (exact) mass is 242 g/mol. The maximum atomic E-state index is 11.8. The van der Waals surface area contributed by atoms with Crippen molar-refractivity contribution in [3.05, 3.63) is 62.8 Å². The van der Waals surface area contributed by atoms with Gasteiger partial charge in [0.05, 0.1) is 0 Å². The van der Waals surface area contributed by atoms with Gasteiger partial charge in [-0.2, -0.15) is 0 Å². The maximum Gasteiger partial charge on any atom is 0.254 e. The molecule has 0 aliphatic heterocycles. The van der Waals surface area contributed by atoms with Crippen LogP contribution >= 0.6 is 0 Å². The molecule has 0 aliphatic rings. The Bertz CT molecular complexity index is 597. The van der Waals surface area contributed by atoms with Gasteiger partial charge in [-0.25, -0.2) is 4.98 Å². The number of hydrogen-bond acceptors (Lipinski definition) is 2. The zero-order valence-electron chi connectivity index (χ0n) is 11.1. The van der Waals surface area contributed by atoms with E-state index in [0.29, 0.717) is 6.42 Å². The van der Waals surface area contributed by atoms with Gasteiger partial charge in [0.1, 0.15) is 5.82 Å². The highest BCUT2D eigenvalue weighted by Crippen LogP contribution is 2.08. The number of nitrogens with zero attached hydrogens (tertiary/aromatic N) is 1. The zero-order chi connectivity index (χ0) is 13.1. The first kappa shape index (κ1) is 12.6. The SMILES string of the molecule is CCc1c(C)nc(Cc2ccc(C)cc2)[nH]c1=O. The first-order chi connectivity index (χ1) is 8.60. The summed E-state index contributed by atoms with van der Waals surface area (Å²) in [7, 11) is 0. The van der Waals surface area contributed by atoms with Crippen molar-refractivity contribution in [3.63, 3.8) is 0 Å². The Morgan fingerprint density at radius 3 is 2.39 bits per heavy atom. The smallest absolute Gasteiger partial charge is 0.254 e. The van der Waals surface area contributed by atoms with E-state index >= 15 is 0 Å². The lowest BCUT2D eigenvalue weighted by Crippen LogP contribution is -2.18. The van der Waals surface area contributed by atoms with Crippen molar-refractivity contribution in [2.24, 2.45) is 0 Å². The second-order valence-corrected chi connectivity index (χ2v) is 4.59. The number of benzene rings is 1. The molecule has 94 valence electrons. The summed E-state index contributed by atoms with van der Waals surface area (Å²) < 4.78 is 0. The molecule has 0 aliphatic carbocycles. The minimum Gasteiger partial charge on any atom is -0.310 e. The van der Waals surface area contributed by atoms with Gasteiger partial charge in [0.2, 0.25) is 0 Å². The molecule has 2 rings (SSSR count). The van der Waals surface area contributed by atoms with Crippen LogP contribution in [-0.2, 0) is 12.8 Å². The first-order valence-corrected chi connectivity index (χ1v) is 6.24. The van der Waals surface area contributed by atoms with Crippen LogP contribution in [0.5, 0.6) is 0 Å². The third-order valence-electron chi connectivity index (χ3n) is 3.12. The Morgan fingerprint density at radius 2 is 1.83 bits per heavy atom. The second-order valence-electron chi connectivity index (χ2n) is 4.59. The van der Waals surface area contributed by atoms with Crippen LogP contribution in [0.4, 0.5) is 0 Å². The number of aromatic nitrogens is 2. The minimum atomic E-state index is -0.00730. The molecule has 0 bridgehead atoms. The van der Waals surface area contributed by atoms with Crippen LogP contribution in [0.15, 0.2) is 29.1 Å². The Labute approximate surface area is 107 Å². The lowest BCUT2D eigenvalue weighted by Gasteiger charge is -2.06. The van der Waals surface area contributed by atoms with Gasteiger partial charge in [0.25, 0.3) is 5.56 Å². The van der Waals surface area contributed by atoms with Gasteiger partial charge in [-0.15, -0.1) is 0 Å². The van der Waals surface area contributed by atoms with E-state index < -0.39 is 0 Å². The van der Waals surface area contributed by atoms with Gasteiger partial charge in [0, 0.05) is 17.7 Å². The molecular weight excluding hydrogens is 224 g/mol. The van der Waals surface area contributed by atoms with E-state index in [1.807, 2.05) is 13.8 Å². The van der Waals surface area contributed by atoms with Crippen molar-refractivity contribution in [2.75, 3.05) is 0 Å². The summed E-state index contributed by atoms with van der Waals surface area (Å²) in [5.74, 6) is 0.735. The highest BCUT2D eigenvalue weighted by atomic mass is 16.1. The maximum absolute atomic E-state index is 11.8. The number of nitrogens with one attached hydrogen (secondary N) is 1. The molecule has 1 N–H and O–H groups in total. The van der Waals surface area contributed by atoms with Crippen molar-refractivity contribution in [3.8, 4) is 0 Å². The fourth-order valence-electron chi connectivity index (χ4n) is 2.07. The molecule has 0 saturated heterocycles. The van der Waals surface area contributed by atoms with Crippen LogP contribution in [0, 0.1) is 13.8 Å². The van der Waals surface area contributed by atoms with E-state index in [0.717, 1.165) is 29.1 Å². The predicted octanol–water partition coefficient (Wildman–Crippen LogP) is 2.54. The third-order valence-corrected chi connectivity index (χ3v) is 3.12. The first-order valence-electron chi connectivity index (χ1n) is 6.24.